The molecule has 0 aromatic heterocycles. The first kappa shape index (κ1) is 50.3. The van der Waals surface area contributed by atoms with Crippen LogP contribution in [0, 0.1) is 0 Å². The lowest BCUT2D eigenvalue weighted by Gasteiger charge is -2.31. The van der Waals surface area contributed by atoms with Crippen molar-refractivity contribution in [3.05, 3.63) is 48.6 Å². The molecule has 0 heterocycles. The standard InChI is InChI=1S/C45H79NO7/c1-6-8-10-12-14-16-18-20-21-22-24-26-28-30-32-34-36-44(48)53-41(39-51-38-37-42(45(49)50)46(3,4)5)40-52-43(47)35-33-31-29-27-25-23-19-17-15-13-11-9-7-2/h9,11,13,15,17,19,23,25,41-42H,6-8,10,12,14,16,18,20-22,24,26-40H2,1-5H3/p+1/b11-9+,15-13+,19-17+,25-23+. The molecule has 8 nitrogen and oxygen atoms in total. The summed E-state index contributed by atoms with van der Waals surface area (Å²) >= 11 is 0. The number of quaternary nitrogens is 1. The normalized spacial score (nSPS) is 13.5. The van der Waals surface area contributed by atoms with Crippen LogP contribution in [-0.4, -0.2) is 80.6 Å². The molecule has 0 rings (SSSR count). The van der Waals surface area contributed by atoms with Gasteiger partial charge in [0.15, 0.2) is 12.1 Å². The quantitative estimate of drug-likeness (QED) is 0.0292. The van der Waals surface area contributed by atoms with E-state index in [9.17, 15) is 19.5 Å². The van der Waals surface area contributed by atoms with Crippen molar-refractivity contribution in [3.8, 4) is 0 Å². The fourth-order valence-corrected chi connectivity index (χ4v) is 6.04. The zero-order chi connectivity index (χ0) is 39.3. The predicted octanol–water partition coefficient (Wildman–Crippen LogP) is 11.2. The molecule has 2 atom stereocenters. The van der Waals surface area contributed by atoms with Gasteiger partial charge in [-0.1, -0.05) is 165 Å². The first-order chi connectivity index (χ1) is 25.6. The van der Waals surface area contributed by atoms with Gasteiger partial charge in [0.1, 0.15) is 6.61 Å². The highest BCUT2D eigenvalue weighted by Crippen LogP contribution is 2.15. The van der Waals surface area contributed by atoms with Crippen molar-refractivity contribution in [2.75, 3.05) is 41.0 Å². The molecule has 0 bridgehead atoms. The Balaban J connectivity index is 4.40. The van der Waals surface area contributed by atoms with Crippen LogP contribution in [0.25, 0.3) is 0 Å². The average molecular weight is 747 g/mol. The van der Waals surface area contributed by atoms with E-state index < -0.39 is 18.1 Å². The minimum Gasteiger partial charge on any atom is -0.477 e. The minimum atomic E-state index is -0.881. The van der Waals surface area contributed by atoms with Gasteiger partial charge in [-0.2, -0.15) is 0 Å². The van der Waals surface area contributed by atoms with Crippen molar-refractivity contribution in [1.82, 2.24) is 0 Å². The van der Waals surface area contributed by atoms with Crippen LogP contribution in [-0.2, 0) is 28.6 Å². The topological polar surface area (TPSA) is 99.1 Å². The number of likely N-dealkylation sites (N-methyl/N-ethyl adjacent to an activating group) is 1. The molecule has 0 aliphatic rings. The third kappa shape index (κ3) is 34.8. The SMILES string of the molecule is CC/C=C/C=C/C=C/C=C/CCCCCC(=O)OCC(COCCC(C(=O)O)[N+](C)(C)C)OC(=O)CCCCCCCCCCCCCCCCCC. The van der Waals surface area contributed by atoms with Gasteiger partial charge in [-0.25, -0.2) is 4.79 Å². The molecule has 0 spiro atoms. The molecule has 0 aromatic carbocycles. The highest BCUT2D eigenvalue weighted by atomic mass is 16.6. The molecular weight excluding hydrogens is 666 g/mol. The average Bonchev–Trinajstić information content (AvgIpc) is 3.11. The highest BCUT2D eigenvalue weighted by Gasteiger charge is 2.31. The lowest BCUT2D eigenvalue weighted by Crippen LogP contribution is -2.50. The molecule has 0 saturated heterocycles. The molecular formula is C45H80NO7+. The predicted molar refractivity (Wildman–Crippen MR) is 220 cm³/mol. The fraction of sp³-hybridized carbons (Fsp3) is 0.756. The van der Waals surface area contributed by atoms with Crippen molar-refractivity contribution >= 4 is 17.9 Å². The first-order valence-corrected chi connectivity index (χ1v) is 21.2. The Morgan fingerprint density at radius 1 is 0.585 bits per heavy atom. The van der Waals surface area contributed by atoms with Gasteiger partial charge >= 0.3 is 17.9 Å². The van der Waals surface area contributed by atoms with Crippen LogP contribution in [0.4, 0.5) is 0 Å². The molecule has 0 aliphatic carbocycles. The van der Waals surface area contributed by atoms with Crippen molar-refractivity contribution in [2.24, 2.45) is 0 Å². The summed E-state index contributed by atoms with van der Waals surface area (Å²) in [4.78, 5) is 36.9. The number of allylic oxidation sites excluding steroid dienone is 8. The maximum absolute atomic E-state index is 12.7. The third-order valence-electron chi connectivity index (χ3n) is 9.34. The van der Waals surface area contributed by atoms with E-state index in [1.165, 1.54) is 83.5 Å². The number of carboxylic acids is 1. The molecule has 306 valence electrons. The Kier molecular flexibility index (Phi) is 34.4. The van der Waals surface area contributed by atoms with Gasteiger partial charge in [0.05, 0.1) is 34.4 Å². The van der Waals surface area contributed by atoms with Crippen LogP contribution < -0.4 is 0 Å². The molecule has 0 amide bonds. The summed E-state index contributed by atoms with van der Waals surface area (Å²) in [6.45, 7) is 4.55. The Labute approximate surface area is 325 Å². The van der Waals surface area contributed by atoms with Crippen molar-refractivity contribution in [3.63, 3.8) is 0 Å². The molecule has 2 unspecified atom stereocenters. The zero-order valence-electron chi connectivity index (χ0n) is 34.7. The summed E-state index contributed by atoms with van der Waals surface area (Å²) in [6, 6.07) is -0.620. The van der Waals surface area contributed by atoms with Crippen LogP contribution in [0.5, 0.6) is 0 Å². The van der Waals surface area contributed by atoms with Crippen LogP contribution in [0.1, 0.15) is 168 Å². The smallest absolute Gasteiger partial charge is 0.362 e. The lowest BCUT2D eigenvalue weighted by atomic mass is 10.0. The molecule has 0 aliphatic heterocycles. The summed E-state index contributed by atoms with van der Waals surface area (Å²) in [7, 11) is 5.51. The first-order valence-electron chi connectivity index (χ1n) is 21.2. The van der Waals surface area contributed by atoms with Gasteiger partial charge in [0, 0.05) is 19.3 Å². The Hall–Kier alpha value is -2.71. The van der Waals surface area contributed by atoms with E-state index in [1.54, 1.807) is 0 Å². The van der Waals surface area contributed by atoms with Gasteiger partial charge in [0.25, 0.3) is 0 Å². The summed E-state index contributed by atoms with van der Waals surface area (Å²) < 4.78 is 17.2. The highest BCUT2D eigenvalue weighted by molar-refractivity contribution is 5.72. The molecule has 8 heteroatoms. The molecule has 0 saturated carbocycles. The van der Waals surface area contributed by atoms with Crippen molar-refractivity contribution in [2.45, 2.75) is 180 Å². The Morgan fingerprint density at radius 2 is 1.06 bits per heavy atom. The zero-order valence-corrected chi connectivity index (χ0v) is 34.7. The Morgan fingerprint density at radius 3 is 1.57 bits per heavy atom. The number of rotatable bonds is 37. The number of hydrogen-bond acceptors (Lipinski definition) is 6. The van der Waals surface area contributed by atoms with Gasteiger partial charge in [-0.15, -0.1) is 0 Å². The number of ether oxygens (including phenoxy) is 3. The fourth-order valence-electron chi connectivity index (χ4n) is 6.04. The third-order valence-corrected chi connectivity index (χ3v) is 9.34. The van der Waals surface area contributed by atoms with E-state index in [-0.39, 0.29) is 36.2 Å². The van der Waals surface area contributed by atoms with Crippen LogP contribution >= 0.6 is 0 Å². The van der Waals surface area contributed by atoms with Crippen molar-refractivity contribution in [1.29, 1.82) is 0 Å². The lowest BCUT2D eigenvalue weighted by molar-refractivity contribution is -0.887. The van der Waals surface area contributed by atoms with Crippen LogP contribution in [0.2, 0.25) is 0 Å². The van der Waals surface area contributed by atoms with E-state index in [2.05, 4.69) is 26.0 Å². The second-order valence-electron chi connectivity index (χ2n) is 15.3. The monoisotopic (exact) mass is 747 g/mol. The molecule has 0 fully saturated rings. The number of carbonyl (C=O) groups is 3. The summed E-state index contributed by atoms with van der Waals surface area (Å²) in [5.41, 5.74) is 0. The van der Waals surface area contributed by atoms with E-state index in [1.807, 2.05) is 57.6 Å². The second-order valence-corrected chi connectivity index (χ2v) is 15.3. The number of carbonyl (C=O) groups excluding carboxylic acids is 2. The van der Waals surface area contributed by atoms with Crippen LogP contribution in [0.3, 0.4) is 0 Å². The van der Waals surface area contributed by atoms with Gasteiger partial charge in [0.2, 0.25) is 0 Å². The van der Waals surface area contributed by atoms with E-state index in [0.29, 0.717) is 19.3 Å². The molecule has 1 N–H and O–H groups in total. The molecule has 0 aromatic rings. The van der Waals surface area contributed by atoms with Gasteiger partial charge in [-0.05, 0) is 32.1 Å². The maximum atomic E-state index is 12.7. The number of hydrogen-bond donors (Lipinski definition) is 1. The Bertz CT molecular complexity index is 1010. The van der Waals surface area contributed by atoms with E-state index >= 15 is 0 Å². The summed E-state index contributed by atoms with van der Waals surface area (Å²) in [6.07, 6.45) is 41.5. The van der Waals surface area contributed by atoms with E-state index in [0.717, 1.165) is 51.4 Å². The number of esters is 2. The molecule has 53 heavy (non-hydrogen) atoms. The van der Waals surface area contributed by atoms with Gasteiger partial charge in [-0.3, -0.25) is 9.59 Å². The number of aliphatic carboxylic acids is 1. The minimum absolute atomic E-state index is 0.0491. The summed E-state index contributed by atoms with van der Waals surface area (Å²) in [5, 5.41) is 9.60. The van der Waals surface area contributed by atoms with Gasteiger partial charge < -0.3 is 23.8 Å². The largest absolute Gasteiger partial charge is 0.477 e. The maximum Gasteiger partial charge on any atom is 0.362 e. The summed E-state index contributed by atoms with van der Waals surface area (Å²) in [5.74, 6) is -1.52. The molecule has 0 radical (unpaired) electrons. The van der Waals surface area contributed by atoms with E-state index in [4.69, 9.17) is 14.2 Å². The number of unbranched alkanes of at least 4 members (excludes halogenated alkanes) is 18. The number of carboxylic acid groups (broad SMARTS) is 1. The van der Waals surface area contributed by atoms with Crippen LogP contribution in [0.15, 0.2) is 48.6 Å². The number of nitrogens with zero attached hydrogens (tertiary/aromatic N) is 1. The van der Waals surface area contributed by atoms with Crippen molar-refractivity contribution < 1.29 is 38.2 Å². The second kappa shape index (κ2) is 36.3.